The molecule has 23 heavy (non-hydrogen) atoms. The van der Waals surface area contributed by atoms with Gasteiger partial charge in [0.2, 0.25) is 0 Å². The molecule has 1 aromatic heterocycles. The Kier molecular flexibility index (Phi) is 3.92. The third-order valence-corrected chi connectivity index (χ3v) is 3.73. The Balaban J connectivity index is 1.85. The minimum absolute atomic E-state index is 0.216. The number of benzene rings is 2. The first-order chi connectivity index (χ1) is 11.0. The van der Waals surface area contributed by atoms with E-state index in [1.165, 1.54) is 0 Å². The molecule has 5 nitrogen and oxygen atoms in total. The number of para-hydroxylation sites is 2. The Labute approximate surface area is 136 Å². The molecule has 0 aliphatic heterocycles. The first kappa shape index (κ1) is 15.3. The number of carbonyl (C=O) groups excluding carboxylic acids is 1. The fourth-order valence-electron chi connectivity index (χ4n) is 2.26. The van der Waals surface area contributed by atoms with E-state index >= 15 is 0 Å². The normalized spacial score (nSPS) is 12.3. The van der Waals surface area contributed by atoms with E-state index in [0.29, 0.717) is 5.82 Å². The third kappa shape index (κ3) is 2.98. The van der Waals surface area contributed by atoms with Gasteiger partial charge in [-0.3, -0.25) is 4.79 Å². The monoisotopic (exact) mass is 333 g/mol. The predicted molar refractivity (Wildman–Crippen MR) is 85.0 cm³/mol. The lowest BCUT2D eigenvalue weighted by Crippen LogP contribution is -2.27. The van der Waals surface area contributed by atoms with E-state index in [2.05, 4.69) is 15.3 Å². The summed E-state index contributed by atoms with van der Waals surface area (Å²) in [5.41, 5.74) is 1.40. The fraction of sp³-hybridized carbons (Fsp3) is 0.125. The van der Waals surface area contributed by atoms with Crippen molar-refractivity contribution in [3.8, 4) is 5.75 Å². The summed E-state index contributed by atoms with van der Waals surface area (Å²) >= 11 is 5.68. The molecule has 0 saturated heterocycles. The molecule has 0 aliphatic rings. The van der Waals surface area contributed by atoms with Crippen LogP contribution in [-0.4, -0.2) is 21.0 Å². The lowest BCUT2D eigenvalue weighted by atomic mass is 10.1. The van der Waals surface area contributed by atoms with Crippen LogP contribution < -0.4 is 5.32 Å². The second kappa shape index (κ2) is 5.89. The average molecular weight is 334 g/mol. The van der Waals surface area contributed by atoms with Crippen LogP contribution in [0.2, 0.25) is 5.02 Å². The highest BCUT2D eigenvalue weighted by molar-refractivity contribution is 6.32. The van der Waals surface area contributed by atoms with Crippen LogP contribution in [0.3, 0.4) is 0 Å². The first-order valence-corrected chi connectivity index (χ1v) is 7.27. The highest BCUT2D eigenvalue weighted by Gasteiger charge is 2.19. The van der Waals surface area contributed by atoms with E-state index in [0.717, 1.165) is 23.2 Å². The molecule has 3 aromatic rings. The van der Waals surface area contributed by atoms with Crippen molar-refractivity contribution in [2.24, 2.45) is 0 Å². The number of nitrogens with one attached hydrogen (secondary N) is 2. The van der Waals surface area contributed by atoms with Gasteiger partial charge < -0.3 is 15.4 Å². The van der Waals surface area contributed by atoms with Gasteiger partial charge in [-0.1, -0.05) is 23.7 Å². The zero-order valence-electron chi connectivity index (χ0n) is 12.1. The number of rotatable bonds is 3. The smallest absolute Gasteiger partial charge is 0.255 e. The number of phenols is 1. The fourth-order valence-corrected chi connectivity index (χ4v) is 2.47. The van der Waals surface area contributed by atoms with E-state index in [4.69, 9.17) is 11.6 Å². The van der Waals surface area contributed by atoms with Crippen LogP contribution in [0.4, 0.5) is 4.39 Å². The first-order valence-electron chi connectivity index (χ1n) is 6.89. The maximum Gasteiger partial charge on any atom is 0.255 e. The van der Waals surface area contributed by atoms with Crippen LogP contribution in [0.15, 0.2) is 36.4 Å². The third-order valence-electron chi connectivity index (χ3n) is 3.44. The SMILES string of the molecule is CC(NC(=O)c1cc(F)cc(Cl)c1O)c1nc2ccccc2[nH]1. The summed E-state index contributed by atoms with van der Waals surface area (Å²) in [4.78, 5) is 19.7. The maximum atomic E-state index is 13.4. The second-order valence-electron chi connectivity index (χ2n) is 5.12. The molecule has 0 bridgehead atoms. The molecule has 3 rings (SSSR count). The number of hydrogen-bond acceptors (Lipinski definition) is 3. The molecule has 2 aromatic carbocycles. The van der Waals surface area contributed by atoms with Crippen molar-refractivity contribution in [1.82, 2.24) is 15.3 Å². The van der Waals surface area contributed by atoms with E-state index < -0.39 is 23.5 Å². The van der Waals surface area contributed by atoms with E-state index in [-0.39, 0.29) is 10.6 Å². The molecule has 1 amide bonds. The van der Waals surface area contributed by atoms with Crippen molar-refractivity contribution >= 4 is 28.5 Å². The minimum Gasteiger partial charge on any atom is -0.506 e. The number of carbonyl (C=O) groups is 1. The Morgan fingerprint density at radius 2 is 2.13 bits per heavy atom. The van der Waals surface area contributed by atoms with Gasteiger partial charge in [-0.25, -0.2) is 9.37 Å². The number of imidazole rings is 1. The van der Waals surface area contributed by atoms with Crippen molar-refractivity contribution in [1.29, 1.82) is 0 Å². The van der Waals surface area contributed by atoms with Crippen molar-refractivity contribution in [3.05, 3.63) is 58.6 Å². The van der Waals surface area contributed by atoms with Gasteiger partial charge in [-0.15, -0.1) is 0 Å². The molecule has 0 aliphatic carbocycles. The highest BCUT2D eigenvalue weighted by Crippen LogP contribution is 2.29. The summed E-state index contributed by atoms with van der Waals surface area (Å²) in [5, 5.41) is 12.2. The average Bonchev–Trinajstić information content (AvgIpc) is 2.94. The second-order valence-corrected chi connectivity index (χ2v) is 5.53. The van der Waals surface area contributed by atoms with Crippen LogP contribution in [-0.2, 0) is 0 Å². The van der Waals surface area contributed by atoms with Gasteiger partial charge in [-0.2, -0.15) is 0 Å². The number of aromatic nitrogens is 2. The van der Waals surface area contributed by atoms with Crippen LogP contribution in [0, 0.1) is 5.82 Å². The molecule has 0 saturated carbocycles. The van der Waals surface area contributed by atoms with Gasteiger partial charge in [0, 0.05) is 0 Å². The molecule has 0 radical (unpaired) electrons. The molecular formula is C16H13ClFN3O2. The quantitative estimate of drug-likeness (QED) is 0.686. The van der Waals surface area contributed by atoms with Gasteiger partial charge in [0.05, 0.1) is 27.7 Å². The topological polar surface area (TPSA) is 78.0 Å². The Hall–Kier alpha value is -2.60. The van der Waals surface area contributed by atoms with Gasteiger partial charge in [-0.05, 0) is 31.2 Å². The molecule has 1 unspecified atom stereocenters. The van der Waals surface area contributed by atoms with Crippen molar-refractivity contribution < 1.29 is 14.3 Å². The lowest BCUT2D eigenvalue weighted by molar-refractivity contribution is 0.0935. The van der Waals surface area contributed by atoms with Crippen molar-refractivity contribution in [2.45, 2.75) is 13.0 Å². The number of hydrogen-bond donors (Lipinski definition) is 3. The molecule has 1 heterocycles. The Morgan fingerprint density at radius 1 is 1.39 bits per heavy atom. The standard InChI is InChI=1S/C16H13ClFN3O2/c1-8(15-20-12-4-2-3-5-13(12)21-15)19-16(23)10-6-9(18)7-11(17)14(10)22/h2-8,22H,1H3,(H,19,23)(H,20,21). The number of halogens is 2. The van der Waals surface area contributed by atoms with Gasteiger partial charge in [0.25, 0.3) is 5.91 Å². The van der Waals surface area contributed by atoms with Crippen LogP contribution >= 0.6 is 11.6 Å². The van der Waals surface area contributed by atoms with Gasteiger partial charge in [0.1, 0.15) is 17.4 Å². The number of fused-ring (bicyclic) bond motifs is 1. The number of aromatic amines is 1. The number of H-pyrrole nitrogens is 1. The number of aromatic hydroxyl groups is 1. The Bertz CT molecular complexity index is 861. The predicted octanol–water partition coefficient (Wildman–Crippen LogP) is 3.55. The summed E-state index contributed by atoms with van der Waals surface area (Å²) in [6, 6.07) is 8.87. The zero-order valence-corrected chi connectivity index (χ0v) is 12.9. The Morgan fingerprint density at radius 3 is 2.87 bits per heavy atom. The molecule has 3 N–H and O–H groups in total. The van der Waals surface area contributed by atoms with Crippen LogP contribution in [0.1, 0.15) is 29.1 Å². The molecular weight excluding hydrogens is 321 g/mol. The molecule has 1 atom stereocenters. The summed E-state index contributed by atoms with van der Waals surface area (Å²) < 4.78 is 13.4. The van der Waals surface area contributed by atoms with Crippen molar-refractivity contribution in [3.63, 3.8) is 0 Å². The van der Waals surface area contributed by atoms with Gasteiger partial charge >= 0.3 is 0 Å². The molecule has 0 spiro atoms. The maximum absolute atomic E-state index is 13.4. The van der Waals surface area contributed by atoms with Crippen LogP contribution in [0.5, 0.6) is 5.75 Å². The summed E-state index contributed by atoms with van der Waals surface area (Å²) in [6.45, 7) is 1.73. The summed E-state index contributed by atoms with van der Waals surface area (Å²) in [6.07, 6.45) is 0. The lowest BCUT2D eigenvalue weighted by Gasteiger charge is -2.13. The minimum atomic E-state index is -0.700. The van der Waals surface area contributed by atoms with E-state index in [1.54, 1.807) is 6.92 Å². The van der Waals surface area contributed by atoms with Crippen molar-refractivity contribution in [2.75, 3.05) is 0 Å². The van der Waals surface area contributed by atoms with Gasteiger partial charge in [0.15, 0.2) is 0 Å². The highest BCUT2D eigenvalue weighted by atomic mass is 35.5. The molecule has 7 heteroatoms. The number of amides is 1. The van der Waals surface area contributed by atoms with E-state index in [9.17, 15) is 14.3 Å². The molecule has 0 fully saturated rings. The van der Waals surface area contributed by atoms with Crippen LogP contribution in [0.25, 0.3) is 11.0 Å². The number of nitrogens with zero attached hydrogens (tertiary/aromatic N) is 1. The summed E-state index contributed by atoms with van der Waals surface area (Å²) in [7, 11) is 0. The summed E-state index contributed by atoms with van der Waals surface area (Å²) in [5.74, 6) is -1.24. The van der Waals surface area contributed by atoms with E-state index in [1.807, 2.05) is 24.3 Å². The largest absolute Gasteiger partial charge is 0.506 e. The number of phenolic OH excluding ortho intramolecular Hbond substituents is 1. The molecule has 118 valence electrons. The zero-order chi connectivity index (χ0) is 16.6.